The SMILES string of the molecule is CCCc1nnc(-c2ccc(OC/C=C/C(=O)OCC)cc2)o1. The van der Waals surface area contributed by atoms with E-state index in [-0.39, 0.29) is 5.97 Å². The van der Waals surface area contributed by atoms with Gasteiger partial charge in [-0.25, -0.2) is 4.79 Å². The van der Waals surface area contributed by atoms with Gasteiger partial charge in [0.15, 0.2) is 0 Å². The normalized spacial score (nSPS) is 10.9. The van der Waals surface area contributed by atoms with E-state index in [4.69, 9.17) is 13.9 Å². The van der Waals surface area contributed by atoms with Gasteiger partial charge in [0.1, 0.15) is 12.4 Å². The number of hydrogen-bond donors (Lipinski definition) is 0. The van der Waals surface area contributed by atoms with Crippen molar-refractivity contribution >= 4 is 5.97 Å². The fraction of sp³-hybridized carbons (Fsp3) is 0.353. The van der Waals surface area contributed by atoms with Gasteiger partial charge in [0.2, 0.25) is 11.8 Å². The lowest BCUT2D eigenvalue weighted by atomic mass is 10.2. The summed E-state index contributed by atoms with van der Waals surface area (Å²) in [6.45, 7) is 4.48. The Hall–Kier alpha value is -2.63. The Morgan fingerprint density at radius 3 is 2.70 bits per heavy atom. The van der Waals surface area contributed by atoms with E-state index in [1.807, 2.05) is 24.3 Å². The van der Waals surface area contributed by atoms with Crippen molar-refractivity contribution in [3.05, 3.63) is 42.3 Å². The first-order chi connectivity index (χ1) is 11.2. The van der Waals surface area contributed by atoms with Crippen molar-refractivity contribution in [3.8, 4) is 17.2 Å². The minimum atomic E-state index is -0.370. The first-order valence-electron chi connectivity index (χ1n) is 7.61. The second-order valence-corrected chi connectivity index (χ2v) is 4.74. The number of rotatable bonds is 8. The lowest BCUT2D eigenvalue weighted by molar-refractivity contribution is -0.137. The number of esters is 1. The second kappa shape index (κ2) is 8.73. The molecule has 0 aliphatic rings. The Labute approximate surface area is 135 Å². The number of aryl methyl sites for hydroxylation is 1. The maximum absolute atomic E-state index is 11.1. The number of carbonyl (C=O) groups is 1. The van der Waals surface area contributed by atoms with E-state index in [2.05, 4.69) is 17.1 Å². The molecule has 0 aliphatic carbocycles. The van der Waals surface area contributed by atoms with Crippen molar-refractivity contribution in [2.45, 2.75) is 26.7 Å². The maximum atomic E-state index is 11.1. The lowest BCUT2D eigenvalue weighted by Crippen LogP contribution is -2.00. The van der Waals surface area contributed by atoms with E-state index in [1.54, 1.807) is 13.0 Å². The van der Waals surface area contributed by atoms with E-state index in [0.717, 1.165) is 18.4 Å². The predicted octanol–water partition coefficient (Wildman–Crippen LogP) is 3.19. The Balaban J connectivity index is 1.87. The van der Waals surface area contributed by atoms with Gasteiger partial charge in [-0.3, -0.25) is 0 Å². The molecular formula is C17H20N2O4. The van der Waals surface area contributed by atoms with E-state index >= 15 is 0 Å². The summed E-state index contributed by atoms with van der Waals surface area (Å²) in [5, 5.41) is 8.02. The second-order valence-electron chi connectivity index (χ2n) is 4.74. The summed E-state index contributed by atoms with van der Waals surface area (Å²) in [4.78, 5) is 11.1. The minimum Gasteiger partial charge on any atom is -0.490 e. The highest BCUT2D eigenvalue weighted by molar-refractivity contribution is 5.81. The third kappa shape index (κ3) is 5.25. The van der Waals surface area contributed by atoms with Crippen LogP contribution in [-0.4, -0.2) is 29.4 Å². The van der Waals surface area contributed by atoms with Crippen LogP contribution in [0.3, 0.4) is 0 Å². The number of carbonyl (C=O) groups excluding carboxylic acids is 1. The number of benzene rings is 1. The molecule has 0 unspecified atom stereocenters. The van der Waals surface area contributed by atoms with Crippen molar-refractivity contribution in [3.63, 3.8) is 0 Å². The quantitative estimate of drug-likeness (QED) is 0.550. The van der Waals surface area contributed by atoms with Crippen LogP contribution in [0.15, 0.2) is 40.8 Å². The summed E-state index contributed by atoms with van der Waals surface area (Å²) in [6.07, 6.45) is 4.71. The van der Waals surface area contributed by atoms with Crippen LogP contribution < -0.4 is 4.74 Å². The van der Waals surface area contributed by atoms with Gasteiger partial charge >= 0.3 is 5.97 Å². The smallest absolute Gasteiger partial charge is 0.330 e. The highest BCUT2D eigenvalue weighted by Crippen LogP contribution is 2.21. The fourth-order valence-corrected chi connectivity index (χ4v) is 1.86. The first kappa shape index (κ1) is 16.7. The number of nitrogens with zero attached hydrogens (tertiary/aromatic N) is 2. The molecule has 0 fully saturated rings. The summed E-state index contributed by atoms with van der Waals surface area (Å²) in [5.74, 6) is 1.47. The van der Waals surface area contributed by atoms with E-state index in [0.29, 0.717) is 30.7 Å². The van der Waals surface area contributed by atoms with Crippen LogP contribution in [0.4, 0.5) is 0 Å². The molecule has 23 heavy (non-hydrogen) atoms. The molecule has 0 radical (unpaired) electrons. The summed E-state index contributed by atoms with van der Waals surface area (Å²) < 4.78 is 15.9. The van der Waals surface area contributed by atoms with Gasteiger partial charge in [-0.15, -0.1) is 10.2 Å². The van der Waals surface area contributed by atoms with Crippen molar-refractivity contribution < 1.29 is 18.7 Å². The Morgan fingerprint density at radius 1 is 1.22 bits per heavy atom. The molecule has 6 nitrogen and oxygen atoms in total. The average Bonchev–Trinajstić information content (AvgIpc) is 3.01. The van der Waals surface area contributed by atoms with Gasteiger partial charge in [0.25, 0.3) is 0 Å². The van der Waals surface area contributed by atoms with Crippen LogP contribution in [0.2, 0.25) is 0 Å². The topological polar surface area (TPSA) is 74.5 Å². The molecule has 0 saturated carbocycles. The van der Waals surface area contributed by atoms with Crippen LogP contribution in [0.5, 0.6) is 5.75 Å². The van der Waals surface area contributed by atoms with E-state index in [1.165, 1.54) is 6.08 Å². The van der Waals surface area contributed by atoms with Crippen molar-refractivity contribution in [1.82, 2.24) is 10.2 Å². The Morgan fingerprint density at radius 2 is 2.00 bits per heavy atom. The molecule has 1 aromatic carbocycles. The Kier molecular flexibility index (Phi) is 6.35. The molecule has 0 bridgehead atoms. The van der Waals surface area contributed by atoms with E-state index < -0.39 is 0 Å². The number of aromatic nitrogens is 2. The minimum absolute atomic E-state index is 0.291. The zero-order chi connectivity index (χ0) is 16.5. The number of ether oxygens (including phenoxy) is 2. The molecule has 0 aliphatic heterocycles. The zero-order valence-corrected chi connectivity index (χ0v) is 13.3. The number of hydrogen-bond acceptors (Lipinski definition) is 6. The molecule has 0 amide bonds. The van der Waals surface area contributed by atoms with Gasteiger partial charge in [-0.2, -0.15) is 0 Å². The monoisotopic (exact) mass is 316 g/mol. The van der Waals surface area contributed by atoms with Gasteiger partial charge in [-0.1, -0.05) is 6.92 Å². The predicted molar refractivity (Wildman–Crippen MR) is 85.0 cm³/mol. The van der Waals surface area contributed by atoms with Gasteiger partial charge in [0, 0.05) is 18.1 Å². The van der Waals surface area contributed by atoms with Crippen molar-refractivity contribution in [2.75, 3.05) is 13.2 Å². The molecule has 122 valence electrons. The average molecular weight is 316 g/mol. The summed E-state index contributed by atoms with van der Waals surface area (Å²) >= 11 is 0. The molecule has 6 heteroatoms. The summed E-state index contributed by atoms with van der Waals surface area (Å²) in [5.41, 5.74) is 0.842. The molecular weight excluding hydrogens is 296 g/mol. The molecule has 0 saturated heterocycles. The van der Waals surface area contributed by atoms with Crippen LogP contribution in [0.1, 0.15) is 26.2 Å². The van der Waals surface area contributed by atoms with Crippen LogP contribution in [-0.2, 0) is 16.0 Å². The van der Waals surface area contributed by atoms with Gasteiger partial charge in [0.05, 0.1) is 6.61 Å². The third-order valence-corrected chi connectivity index (χ3v) is 2.92. The van der Waals surface area contributed by atoms with Crippen molar-refractivity contribution in [2.24, 2.45) is 0 Å². The Bertz CT molecular complexity index is 647. The fourth-order valence-electron chi connectivity index (χ4n) is 1.86. The summed E-state index contributed by atoms with van der Waals surface area (Å²) in [7, 11) is 0. The molecule has 2 aromatic rings. The standard InChI is InChI=1S/C17H20N2O4/c1-3-6-15-18-19-17(23-15)13-8-10-14(11-9-13)22-12-5-7-16(20)21-4-2/h5,7-11H,3-4,6,12H2,1-2H3/b7-5+. The first-order valence-corrected chi connectivity index (χ1v) is 7.61. The van der Waals surface area contributed by atoms with Crippen LogP contribution in [0, 0.1) is 0 Å². The molecule has 2 rings (SSSR count). The zero-order valence-electron chi connectivity index (χ0n) is 13.3. The van der Waals surface area contributed by atoms with E-state index in [9.17, 15) is 4.79 Å². The maximum Gasteiger partial charge on any atom is 0.330 e. The molecule has 1 heterocycles. The molecule has 0 atom stereocenters. The molecule has 0 N–H and O–H groups in total. The van der Waals surface area contributed by atoms with Crippen molar-refractivity contribution in [1.29, 1.82) is 0 Å². The molecule has 1 aromatic heterocycles. The van der Waals surface area contributed by atoms with Gasteiger partial charge in [-0.05, 0) is 43.7 Å². The van der Waals surface area contributed by atoms with Gasteiger partial charge < -0.3 is 13.9 Å². The highest BCUT2D eigenvalue weighted by Gasteiger charge is 2.07. The summed E-state index contributed by atoms with van der Waals surface area (Å²) in [6, 6.07) is 7.34. The third-order valence-electron chi connectivity index (χ3n) is 2.92. The molecule has 0 spiro atoms. The van der Waals surface area contributed by atoms with Crippen LogP contribution in [0.25, 0.3) is 11.5 Å². The lowest BCUT2D eigenvalue weighted by Gasteiger charge is -2.03. The highest BCUT2D eigenvalue weighted by atomic mass is 16.5. The van der Waals surface area contributed by atoms with Crippen LogP contribution >= 0.6 is 0 Å². The largest absolute Gasteiger partial charge is 0.490 e.